The molecule has 2 heterocycles. The zero-order valence-electron chi connectivity index (χ0n) is 18.1. The molecule has 0 atom stereocenters. The lowest BCUT2D eigenvalue weighted by Crippen LogP contribution is -2.37. The predicted molar refractivity (Wildman–Crippen MR) is 135 cm³/mol. The van der Waals surface area contributed by atoms with Crippen molar-refractivity contribution in [2.45, 2.75) is 38.6 Å². The fourth-order valence-corrected chi connectivity index (χ4v) is 3.64. The highest BCUT2D eigenvalue weighted by atomic mass is 127. The molecule has 1 aliphatic heterocycles. The first-order chi connectivity index (χ1) is 14.3. The van der Waals surface area contributed by atoms with Gasteiger partial charge >= 0.3 is 0 Å². The number of rotatable bonds is 7. The second kappa shape index (κ2) is 13.3. The van der Waals surface area contributed by atoms with Gasteiger partial charge in [-0.25, -0.2) is 4.98 Å². The Morgan fingerprint density at radius 2 is 1.83 bits per heavy atom. The Kier molecular flexibility index (Phi) is 10.8. The molecular weight excluding hydrogens is 489 g/mol. The summed E-state index contributed by atoms with van der Waals surface area (Å²) in [5.74, 6) is 2.80. The molecule has 0 amide bonds. The van der Waals surface area contributed by atoms with Crippen LogP contribution in [-0.4, -0.2) is 44.7 Å². The van der Waals surface area contributed by atoms with Gasteiger partial charge in [-0.3, -0.25) is 4.99 Å². The van der Waals surface area contributed by atoms with Crippen molar-refractivity contribution in [3.05, 3.63) is 53.7 Å². The van der Waals surface area contributed by atoms with Crippen molar-refractivity contribution < 1.29 is 4.74 Å². The maximum atomic E-state index is 5.41. The molecule has 1 saturated heterocycles. The summed E-state index contributed by atoms with van der Waals surface area (Å²) in [7, 11) is 3.50. The van der Waals surface area contributed by atoms with Gasteiger partial charge in [-0.05, 0) is 42.5 Å². The lowest BCUT2D eigenvalue weighted by molar-refractivity contribution is 0.409. The zero-order chi connectivity index (χ0) is 20.3. The normalized spacial score (nSPS) is 14.5. The van der Waals surface area contributed by atoms with Crippen molar-refractivity contribution in [3.63, 3.8) is 0 Å². The van der Waals surface area contributed by atoms with Crippen LogP contribution in [0, 0.1) is 0 Å². The number of aromatic nitrogens is 1. The molecule has 2 N–H and O–H groups in total. The molecule has 1 aliphatic rings. The topological polar surface area (TPSA) is 61.8 Å². The predicted octanol–water partition coefficient (Wildman–Crippen LogP) is 4.00. The fraction of sp³-hybridized carbons (Fsp3) is 0.478. The van der Waals surface area contributed by atoms with Crippen LogP contribution in [0.1, 0.15) is 36.8 Å². The van der Waals surface area contributed by atoms with Gasteiger partial charge in [0.25, 0.3) is 0 Å². The number of hydrogen-bond acceptors (Lipinski definition) is 4. The first kappa shape index (κ1) is 24.2. The van der Waals surface area contributed by atoms with Gasteiger partial charge in [0.1, 0.15) is 11.6 Å². The van der Waals surface area contributed by atoms with Crippen LogP contribution in [0.5, 0.6) is 5.75 Å². The molecular formula is C23H34IN5O. The molecule has 30 heavy (non-hydrogen) atoms. The third-order valence-electron chi connectivity index (χ3n) is 5.30. The van der Waals surface area contributed by atoms with E-state index >= 15 is 0 Å². The van der Waals surface area contributed by atoms with Crippen LogP contribution < -0.4 is 20.3 Å². The van der Waals surface area contributed by atoms with E-state index in [0.29, 0.717) is 6.54 Å². The van der Waals surface area contributed by atoms with Crippen molar-refractivity contribution in [3.8, 4) is 5.75 Å². The highest BCUT2D eigenvalue weighted by molar-refractivity contribution is 14.0. The van der Waals surface area contributed by atoms with E-state index in [1.165, 1.54) is 31.2 Å². The van der Waals surface area contributed by atoms with Crippen molar-refractivity contribution >= 4 is 35.8 Å². The maximum absolute atomic E-state index is 5.41. The van der Waals surface area contributed by atoms with Gasteiger partial charge in [-0.2, -0.15) is 0 Å². The monoisotopic (exact) mass is 523 g/mol. The summed E-state index contributed by atoms with van der Waals surface area (Å²) in [6.45, 7) is 3.72. The molecule has 1 aromatic carbocycles. The summed E-state index contributed by atoms with van der Waals surface area (Å²) in [6.07, 6.45) is 8.04. The summed E-state index contributed by atoms with van der Waals surface area (Å²) in [5.41, 5.74) is 2.34. The fourth-order valence-electron chi connectivity index (χ4n) is 3.64. The van der Waals surface area contributed by atoms with Crippen LogP contribution in [-0.2, 0) is 13.0 Å². The van der Waals surface area contributed by atoms with E-state index in [-0.39, 0.29) is 24.0 Å². The number of benzene rings is 1. The van der Waals surface area contributed by atoms with Gasteiger partial charge in [-0.15, -0.1) is 24.0 Å². The highest BCUT2D eigenvalue weighted by Crippen LogP contribution is 2.18. The molecule has 1 fully saturated rings. The van der Waals surface area contributed by atoms with Crippen LogP contribution in [0.25, 0.3) is 0 Å². The third-order valence-corrected chi connectivity index (χ3v) is 5.30. The van der Waals surface area contributed by atoms with Crippen molar-refractivity contribution in [1.29, 1.82) is 0 Å². The first-order valence-electron chi connectivity index (χ1n) is 10.6. The van der Waals surface area contributed by atoms with E-state index in [4.69, 9.17) is 4.74 Å². The number of aliphatic imine (C=N–C) groups is 1. The van der Waals surface area contributed by atoms with E-state index in [0.717, 1.165) is 49.1 Å². The molecule has 1 aromatic heterocycles. The van der Waals surface area contributed by atoms with Gasteiger partial charge in [0.15, 0.2) is 5.96 Å². The van der Waals surface area contributed by atoms with Crippen LogP contribution in [0.15, 0.2) is 47.6 Å². The summed E-state index contributed by atoms with van der Waals surface area (Å²) in [4.78, 5) is 11.4. The van der Waals surface area contributed by atoms with E-state index in [2.05, 4.69) is 43.7 Å². The number of methoxy groups -OCH3 is 1. The number of pyridine rings is 1. The quantitative estimate of drug-likeness (QED) is 0.327. The largest absolute Gasteiger partial charge is 0.496 e. The van der Waals surface area contributed by atoms with Crippen LogP contribution in [0.4, 0.5) is 5.82 Å². The Hall–Kier alpha value is -2.03. The molecule has 164 valence electrons. The summed E-state index contributed by atoms with van der Waals surface area (Å²) >= 11 is 0. The molecule has 0 aliphatic carbocycles. The van der Waals surface area contributed by atoms with Gasteiger partial charge in [0.2, 0.25) is 0 Å². The van der Waals surface area contributed by atoms with Gasteiger partial charge in [-0.1, -0.05) is 37.1 Å². The van der Waals surface area contributed by atoms with Crippen molar-refractivity contribution in [2.75, 3.05) is 38.7 Å². The van der Waals surface area contributed by atoms with E-state index < -0.39 is 0 Å². The third kappa shape index (κ3) is 7.34. The average molecular weight is 523 g/mol. The molecule has 0 bridgehead atoms. The second-order valence-corrected chi connectivity index (χ2v) is 7.34. The average Bonchev–Trinajstić information content (AvgIpc) is 3.06. The van der Waals surface area contributed by atoms with Crippen LogP contribution in [0.3, 0.4) is 0 Å². The van der Waals surface area contributed by atoms with Gasteiger partial charge < -0.3 is 20.3 Å². The summed E-state index contributed by atoms with van der Waals surface area (Å²) in [5, 5.41) is 6.73. The Balaban J connectivity index is 0.00000320. The minimum atomic E-state index is 0. The SMILES string of the molecule is CN=C(NCCc1ccccc1OC)NCc1ccc(N2CCCCCC2)nc1.I. The maximum Gasteiger partial charge on any atom is 0.191 e. The van der Waals surface area contributed by atoms with Crippen LogP contribution in [0.2, 0.25) is 0 Å². The lowest BCUT2D eigenvalue weighted by Gasteiger charge is -2.21. The van der Waals surface area contributed by atoms with E-state index in [1.807, 2.05) is 24.4 Å². The second-order valence-electron chi connectivity index (χ2n) is 7.34. The molecule has 0 spiro atoms. The van der Waals surface area contributed by atoms with Crippen LogP contribution >= 0.6 is 24.0 Å². The molecule has 0 radical (unpaired) electrons. The lowest BCUT2D eigenvalue weighted by atomic mass is 10.1. The minimum absolute atomic E-state index is 0. The summed E-state index contributed by atoms with van der Waals surface area (Å²) < 4.78 is 5.41. The Morgan fingerprint density at radius 1 is 1.07 bits per heavy atom. The number of nitrogens with one attached hydrogen (secondary N) is 2. The van der Waals surface area contributed by atoms with Gasteiger partial charge in [0, 0.05) is 39.4 Å². The number of para-hydroxylation sites is 1. The number of nitrogens with zero attached hydrogens (tertiary/aromatic N) is 3. The molecule has 7 heteroatoms. The van der Waals surface area contributed by atoms with Crippen molar-refractivity contribution in [1.82, 2.24) is 15.6 Å². The standard InChI is InChI=1S/C23H33N5O.HI/c1-24-23(25-14-13-20-9-5-6-10-21(20)29-2)27-18-19-11-12-22(26-17-19)28-15-7-3-4-8-16-28;/h5-6,9-12,17H,3-4,7-8,13-16,18H2,1-2H3,(H2,24,25,27);1H. The number of anilines is 1. The number of hydrogen-bond donors (Lipinski definition) is 2. The van der Waals surface area contributed by atoms with Crippen molar-refractivity contribution in [2.24, 2.45) is 4.99 Å². The number of ether oxygens (including phenoxy) is 1. The Bertz CT molecular complexity index is 773. The van der Waals surface area contributed by atoms with E-state index in [1.54, 1.807) is 14.2 Å². The van der Waals surface area contributed by atoms with E-state index in [9.17, 15) is 0 Å². The molecule has 0 saturated carbocycles. The number of guanidine groups is 1. The van der Waals surface area contributed by atoms with Gasteiger partial charge in [0.05, 0.1) is 7.11 Å². The highest BCUT2D eigenvalue weighted by Gasteiger charge is 2.11. The Morgan fingerprint density at radius 3 is 2.50 bits per heavy atom. The smallest absolute Gasteiger partial charge is 0.191 e. The molecule has 2 aromatic rings. The molecule has 6 nitrogen and oxygen atoms in total. The molecule has 3 rings (SSSR count). The first-order valence-corrected chi connectivity index (χ1v) is 10.6. The zero-order valence-corrected chi connectivity index (χ0v) is 20.4. The summed E-state index contributed by atoms with van der Waals surface area (Å²) in [6, 6.07) is 12.4. The number of halogens is 1. The minimum Gasteiger partial charge on any atom is -0.496 e. The Labute approximate surface area is 197 Å². The molecule has 0 unspecified atom stereocenters.